The van der Waals surface area contributed by atoms with Gasteiger partial charge in [0.2, 0.25) is 0 Å². The Morgan fingerprint density at radius 1 is 0.923 bits per heavy atom. The first-order chi connectivity index (χ1) is 18.0. The zero-order valence-electron chi connectivity index (χ0n) is 20.3. The van der Waals surface area contributed by atoms with Crippen molar-refractivity contribution in [2.24, 2.45) is 0 Å². The van der Waals surface area contributed by atoms with Crippen LogP contribution in [0.4, 0.5) is 13.2 Å². The van der Waals surface area contributed by atoms with Crippen LogP contribution in [0.3, 0.4) is 0 Å². The van der Waals surface area contributed by atoms with E-state index >= 15 is 0 Å². The molecule has 1 aliphatic carbocycles. The number of hydrogen-bond acceptors (Lipinski definition) is 4. The number of ether oxygens (including phenoxy) is 3. The number of benzene rings is 3. The summed E-state index contributed by atoms with van der Waals surface area (Å²) in [6, 6.07) is 19.8. The van der Waals surface area contributed by atoms with Gasteiger partial charge >= 0.3 is 35.7 Å². The van der Waals surface area contributed by atoms with Crippen molar-refractivity contribution in [2.45, 2.75) is 44.1 Å². The quantitative estimate of drug-likeness (QED) is 0.264. The van der Waals surface area contributed by atoms with Gasteiger partial charge in [-0.15, -0.1) is 0 Å². The predicted octanol–water partition coefficient (Wildman–Crippen LogP) is 7.42. The van der Waals surface area contributed by atoms with Gasteiger partial charge in [0.15, 0.2) is 11.7 Å². The molecule has 1 aliphatic rings. The molecule has 4 nitrogen and oxygen atoms in total. The Hall–Kier alpha value is -1.97. The van der Waals surface area contributed by atoms with Gasteiger partial charge in [-0.05, 0) is 78.7 Å². The van der Waals surface area contributed by atoms with E-state index in [1.54, 1.807) is 55.5 Å². The first-order valence-electron chi connectivity index (χ1n) is 11.7. The second-order valence-electron chi connectivity index (χ2n) is 8.84. The second kappa shape index (κ2) is 13.6. The van der Waals surface area contributed by atoms with Crippen LogP contribution in [0.15, 0.2) is 96.6 Å². The van der Waals surface area contributed by atoms with E-state index in [1.165, 1.54) is 30.3 Å². The molecule has 0 fully saturated rings. The average Bonchev–Trinajstić information content (AvgIpc) is 2.87. The predicted molar refractivity (Wildman–Crippen MR) is 148 cm³/mol. The summed E-state index contributed by atoms with van der Waals surface area (Å²) in [6.07, 6.45) is -3.25. The molecule has 39 heavy (non-hydrogen) atoms. The van der Waals surface area contributed by atoms with Crippen LogP contribution in [-0.4, -0.2) is 58.6 Å². The molecule has 0 amide bonds. The van der Waals surface area contributed by atoms with E-state index in [4.69, 9.17) is 37.4 Å². The third kappa shape index (κ3) is 8.27. The number of phenols is 1. The van der Waals surface area contributed by atoms with E-state index in [-0.39, 0.29) is 48.5 Å². The number of halogens is 5. The fraction of sp³-hybridized carbons (Fsp3) is 0.241. The van der Waals surface area contributed by atoms with Crippen molar-refractivity contribution in [3.05, 3.63) is 118 Å². The third-order valence-corrected chi connectivity index (χ3v) is 6.58. The number of aromatic hydroxyl groups is 1. The van der Waals surface area contributed by atoms with Crippen LogP contribution < -0.4 is 4.74 Å². The summed E-state index contributed by atoms with van der Waals surface area (Å²) >= 11 is 12.2. The maximum absolute atomic E-state index is 13.9. The molecule has 202 valence electrons. The Bertz CT molecular complexity index is 1310. The van der Waals surface area contributed by atoms with Gasteiger partial charge in [0, 0.05) is 10.0 Å². The van der Waals surface area contributed by atoms with Crippen molar-refractivity contribution in [1.82, 2.24) is 0 Å². The number of hydrogen-bond donors (Lipinski definition) is 1. The molecule has 0 heterocycles. The van der Waals surface area contributed by atoms with Gasteiger partial charge in [-0.1, -0.05) is 53.5 Å². The Morgan fingerprint density at radius 3 is 2.08 bits per heavy atom. The zero-order chi connectivity index (χ0) is 27.3. The zero-order valence-corrected chi connectivity index (χ0v) is 21.8. The normalized spacial score (nSPS) is 19.6. The van der Waals surface area contributed by atoms with Crippen molar-refractivity contribution in [2.75, 3.05) is 0 Å². The van der Waals surface area contributed by atoms with Crippen LogP contribution in [0.25, 0.3) is 0 Å². The molecule has 1 N–H and O–H groups in total. The Morgan fingerprint density at radius 2 is 1.51 bits per heavy atom. The topological polar surface area (TPSA) is 47.9 Å². The van der Waals surface area contributed by atoms with Crippen LogP contribution in [-0.2, 0) is 22.7 Å². The van der Waals surface area contributed by atoms with Gasteiger partial charge in [0.1, 0.15) is 11.5 Å². The molecule has 0 aromatic heterocycles. The van der Waals surface area contributed by atoms with Gasteiger partial charge in [-0.25, -0.2) is 0 Å². The van der Waals surface area contributed by atoms with Crippen molar-refractivity contribution in [3.8, 4) is 11.5 Å². The summed E-state index contributed by atoms with van der Waals surface area (Å²) in [4.78, 5) is 0. The molecule has 0 radical (unpaired) electrons. The minimum atomic E-state index is -4.63. The van der Waals surface area contributed by atoms with Gasteiger partial charge < -0.3 is 19.3 Å². The van der Waals surface area contributed by atoms with Gasteiger partial charge in [0.25, 0.3) is 0 Å². The molecule has 10 heteroatoms. The summed E-state index contributed by atoms with van der Waals surface area (Å²) in [6.45, 7) is 1.66. The molecular formula is C29H26Cl2F3NaO4. The first-order valence-corrected chi connectivity index (χ1v) is 12.5. The van der Waals surface area contributed by atoms with E-state index in [1.807, 2.05) is 0 Å². The summed E-state index contributed by atoms with van der Waals surface area (Å²) in [7, 11) is 0. The van der Waals surface area contributed by atoms with Gasteiger partial charge in [0.05, 0.1) is 24.9 Å². The van der Waals surface area contributed by atoms with Crippen LogP contribution >= 0.6 is 23.2 Å². The first kappa shape index (κ1) is 31.6. The standard InChI is InChI=1S/C29H25Cl2F3O4.Na.H/c1-19(36-17-20-4-2-6-23(30)14-20)28(37-18-21-5-3-7-24(31)15-21)16-22(29(32,33)34)8-13-27(28)38-26-11-9-25(35)10-12-26;;/h2-16,19,27,35H,17-18H2,1H3;;. The summed E-state index contributed by atoms with van der Waals surface area (Å²) in [5, 5.41) is 10.6. The second-order valence-corrected chi connectivity index (χ2v) is 9.72. The Labute approximate surface area is 257 Å². The van der Waals surface area contributed by atoms with Crippen molar-refractivity contribution in [1.29, 1.82) is 0 Å². The maximum atomic E-state index is 13.9. The molecule has 0 spiro atoms. The average molecular weight is 589 g/mol. The monoisotopic (exact) mass is 588 g/mol. The summed E-state index contributed by atoms with van der Waals surface area (Å²) in [5.41, 5.74) is -1.17. The van der Waals surface area contributed by atoms with Crippen LogP contribution in [0.2, 0.25) is 10.0 Å². The third-order valence-electron chi connectivity index (χ3n) is 6.11. The number of rotatable bonds is 9. The number of phenolic OH excluding ortho intramolecular Hbond substituents is 1. The van der Waals surface area contributed by atoms with Crippen LogP contribution in [0.1, 0.15) is 18.1 Å². The van der Waals surface area contributed by atoms with E-state index < -0.39 is 29.6 Å². The van der Waals surface area contributed by atoms with E-state index in [2.05, 4.69) is 0 Å². The number of alkyl halides is 3. The Balaban J connectivity index is 0.00000420. The fourth-order valence-corrected chi connectivity index (χ4v) is 4.52. The summed E-state index contributed by atoms with van der Waals surface area (Å²) < 4.78 is 60.4. The van der Waals surface area contributed by atoms with E-state index in [0.29, 0.717) is 21.4 Å². The molecule has 3 aromatic carbocycles. The molecule has 0 saturated heterocycles. The fourth-order valence-electron chi connectivity index (χ4n) is 4.10. The van der Waals surface area contributed by atoms with Crippen molar-refractivity contribution < 1.29 is 32.5 Å². The molecule has 0 bridgehead atoms. The Kier molecular flexibility index (Phi) is 11.0. The van der Waals surface area contributed by atoms with Crippen molar-refractivity contribution >= 4 is 52.8 Å². The number of allylic oxidation sites excluding steroid dienone is 2. The molecule has 4 rings (SSSR count). The van der Waals surface area contributed by atoms with Gasteiger partial charge in [-0.2, -0.15) is 13.2 Å². The molecule has 3 aromatic rings. The SMILES string of the molecule is CC(OCc1cccc(Cl)c1)C1(OCc2cccc(Cl)c2)C=C(C(F)(F)F)C=CC1Oc1ccc(O)cc1.[NaH]. The molecule has 3 atom stereocenters. The molecule has 0 aliphatic heterocycles. The minimum absolute atomic E-state index is 0. The van der Waals surface area contributed by atoms with Crippen LogP contribution in [0.5, 0.6) is 11.5 Å². The van der Waals surface area contributed by atoms with E-state index in [0.717, 1.165) is 17.7 Å². The summed E-state index contributed by atoms with van der Waals surface area (Å²) in [5.74, 6) is 0.358. The molecule has 0 saturated carbocycles. The van der Waals surface area contributed by atoms with Crippen molar-refractivity contribution in [3.63, 3.8) is 0 Å². The molecular weight excluding hydrogens is 563 g/mol. The van der Waals surface area contributed by atoms with Crippen LogP contribution in [0, 0.1) is 0 Å². The van der Waals surface area contributed by atoms with E-state index in [9.17, 15) is 18.3 Å². The van der Waals surface area contributed by atoms with Gasteiger partial charge in [-0.3, -0.25) is 0 Å². The molecule has 3 unspecified atom stereocenters.